The van der Waals surface area contributed by atoms with Crippen LogP contribution in [0.15, 0.2) is 10.9 Å². The van der Waals surface area contributed by atoms with Crippen LogP contribution in [0.5, 0.6) is 11.6 Å². The van der Waals surface area contributed by atoms with Crippen LogP contribution in [-0.2, 0) is 4.74 Å². The molecule has 0 aliphatic rings. The van der Waals surface area contributed by atoms with E-state index in [0.29, 0.717) is 0 Å². The second-order valence-corrected chi connectivity index (χ2v) is 2.95. The molecule has 1 aromatic heterocycles. The molecule has 0 aliphatic carbocycles. The van der Waals surface area contributed by atoms with Crippen LogP contribution >= 0.6 is 0 Å². The number of methoxy groups -OCH3 is 2. The van der Waals surface area contributed by atoms with Crippen molar-refractivity contribution >= 4 is 5.97 Å². The zero-order valence-electron chi connectivity index (χ0n) is 9.25. The molecule has 18 heavy (non-hydrogen) atoms. The largest absolute Gasteiger partial charge is 0.573 e. The van der Waals surface area contributed by atoms with E-state index in [9.17, 15) is 22.8 Å². The number of hydrogen-bond acceptors (Lipinski definition) is 5. The fraction of sp³-hybridized carbons (Fsp3) is 0.333. The quantitative estimate of drug-likeness (QED) is 0.829. The predicted molar refractivity (Wildman–Crippen MR) is 51.6 cm³/mol. The van der Waals surface area contributed by atoms with E-state index < -0.39 is 29.2 Å². The van der Waals surface area contributed by atoms with Crippen LogP contribution in [0.2, 0.25) is 0 Å². The fourth-order valence-corrected chi connectivity index (χ4v) is 1.12. The summed E-state index contributed by atoms with van der Waals surface area (Å²) in [6.07, 6.45) is -5.05. The van der Waals surface area contributed by atoms with Crippen LogP contribution in [0, 0.1) is 0 Å². The summed E-state index contributed by atoms with van der Waals surface area (Å²) in [4.78, 5) is 24.7. The highest BCUT2D eigenvalue weighted by Gasteiger charge is 2.34. The van der Waals surface area contributed by atoms with Gasteiger partial charge in [0.05, 0.1) is 14.2 Å². The summed E-state index contributed by atoms with van der Waals surface area (Å²) in [6, 6.07) is 0.723. The maximum Gasteiger partial charge on any atom is 0.573 e. The lowest BCUT2D eigenvalue weighted by molar-refractivity contribution is -0.274. The summed E-state index contributed by atoms with van der Waals surface area (Å²) in [5.74, 6) is -2.53. The number of alkyl halides is 3. The standard InChI is InChI=1S/C9H8F3NO5/c1-16-5-3-4(18-9(10,11)12)6(7(14)13-5)8(15)17-2/h3H,1-2H3,(H,13,14). The Hall–Kier alpha value is -2.19. The summed E-state index contributed by atoms with van der Waals surface area (Å²) in [6.45, 7) is 0. The van der Waals surface area contributed by atoms with Crippen molar-refractivity contribution in [3.8, 4) is 11.6 Å². The maximum atomic E-state index is 12.1. The van der Waals surface area contributed by atoms with Gasteiger partial charge in [0.25, 0.3) is 5.56 Å². The normalized spacial score (nSPS) is 10.9. The number of H-pyrrole nitrogens is 1. The molecular weight excluding hydrogens is 259 g/mol. The Morgan fingerprint density at radius 3 is 2.39 bits per heavy atom. The van der Waals surface area contributed by atoms with E-state index in [-0.39, 0.29) is 5.88 Å². The van der Waals surface area contributed by atoms with E-state index in [1.807, 2.05) is 4.98 Å². The minimum absolute atomic E-state index is 0.285. The molecule has 1 N–H and O–H groups in total. The Labute approximate surface area is 98.3 Å². The Morgan fingerprint density at radius 1 is 1.33 bits per heavy atom. The first-order chi connectivity index (χ1) is 8.28. The SMILES string of the molecule is COC(=O)c1c(OC(F)(F)F)cc(OC)[nH]c1=O. The second-order valence-electron chi connectivity index (χ2n) is 2.95. The number of halogens is 3. The molecule has 0 bridgehead atoms. The number of carbonyl (C=O) groups excluding carboxylic acids is 1. The zero-order valence-corrected chi connectivity index (χ0v) is 9.25. The molecule has 0 amide bonds. The first kappa shape index (κ1) is 13.9. The molecule has 0 saturated heterocycles. The molecule has 0 aromatic carbocycles. The molecule has 9 heteroatoms. The summed E-state index contributed by atoms with van der Waals surface area (Å²) < 4.78 is 48.7. The molecule has 0 atom stereocenters. The second kappa shape index (κ2) is 4.98. The van der Waals surface area contributed by atoms with Gasteiger partial charge in [-0.15, -0.1) is 13.2 Å². The van der Waals surface area contributed by atoms with Gasteiger partial charge in [0.15, 0.2) is 17.2 Å². The third kappa shape index (κ3) is 3.15. The number of pyridine rings is 1. The number of carbonyl (C=O) groups is 1. The Bertz CT molecular complexity index is 508. The lowest BCUT2D eigenvalue weighted by atomic mass is 10.2. The molecule has 0 aliphatic heterocycles. The molecule has 0 fully saturated rings. The van der Waals surface area contributed by atoms with E-state index in [2.05, 4.69) is 14.2 Å². The average Bonchev–Trinajstić information content (AvgIpc) is 2.25. The molecule has 1 rings (SSSR count). The smallest absolute Gasteiger partial charge is 0.482 e. The van der Waals surface area contributed by atoms with E-state index in [0.717, 1.165) is 20.3 Å². The van der Waals surface area contributed by atoms with Gasteiger partial charge in [-0.1, -0.05) is 0 Å². The predicted octanol–water partition coefficient (Wildman–Crippen LogP) is 1.07. The van der Waals surface area contributed by atoms with E-state index in [1.54, 1.807) is 0 Å². The van der Waals surface area contributed by atoms with Crippen molar-refractivity contribution in [1.82, 2.24) is 4.98 Å². The zero-order chi connectivity index (χ0) is 13.9. The number of rotatable bonds is 3. The van der Waals surface area contributed by atoms with Crippen molar-refractivity contribution in [3.05, 3.63) is 22.0 Å². The molecule has 1 heterocycles. The van der Waals surface area contributed by atoms with Gasteiger partial charge in [-0.3, -0.25) is 9.78 Å². The van der Waals surface area contributed by atoms with Gasteiger partial charge >= 0.3 is 12.3 Å². The third-order valence-electron chi connectivity index (χ3n) is 1.81. The van der Waals surface area contributed by atoms with Crippen LogP contribution < -0.4 is 15.0 Å². The first-order valence-corrected chi connectivity index (χ1v) is 4.44. The van der Waals surface area contributed by atoms with E-state index >= 15 is 0 Å². The molecule has 0 unspecified atom stereocenters. The Morgan fingerprint density at radius 2 is 1.94 bits per heavy atom. The van der Waals surface area contributed by atoms with Gasteiger partial charge in [0.2, 0.25) is 0 Å². The average molecular weight is 267 g/mol. The molecule has 0 saturated carbocycles. The van der Waals surface area contributed by atoms with Gasteiger partial charge < -0.3 is 14.2 Å². The van der Waals surface area contributed by atoms with Crippen LogP contribution in [-0.4, -0.2) is 31.5 Å². The van der Waals surface area contributed by atoms with Crippen molar-refractivity contribution in [2.45, 2.75) is 6.36 Å². The molecule has 0 radical (unpaired) electrons. The van der Waals surface area contributed by atoms with Crippen molar-refractivity contribution in [2.75, 3.05) is 14.2 Å². The minimum Gasteiger partial charge on any atom is -0.482 e. The van der Waals surface area contributed by atoms with E-state index in [1.165, 1.54) is 0 Å². The number of nitrogens with one attached hydrogen (secondary N) is 1. The molecule has 1 aromatic rings. The topological polar surface area (TPSA) is 77.6 Å². The van der Waals surface area contributed by atoms with Gasteiger partial charge in [0, 0.05) is 6.07 Å². The molecule has 6 nitrogen and oxygen atoms in total. The van der Waals surface area contributed by atoms with Gasteiger partial charge in [-0.25, -0.2) is 4.79 Å². The first-order valence-electron chi connectivity index (χ1n) is 4.44. The summed E-state index contributed by atoms with van der Waals surface area (Å²) in [7, 11) is 2.05. The number of ether oxygens (including phenoxy) is 3. The minimum atomic E-state index is -5.05. The van der Waals surface area contributed by atoms with Crippen molar-refractivity contribution < 1.29 is 32.2 Å². The number of hydrogen-bond donors (Lipinski definition) is 1. The number of esters is 1. The molecular formula is C9H8F3NO5. The van der Waals surface area contributed by atoms with Crippen LogP contribution in [0.1, 0.15) is 10.4 Å². The van der Waals surface area contributed by atoms with Gasteiger partial charge in [-0.05, 0) is 0 Å². The van der Waals surface area contributed by atoms with Gasteiger partial charge in [-0.2, -0.15) is 0 Å². The Kier molecular flexibility index (Phi) is 3.84. The number of aromatic amines is 1. The van der Waals surface area contributed by atoms with Crippen LogP contribution in [0.4, 0.5) is 13.2 Å². The third-order valence-corrected chi connectivity index (χ3v) is 1.81. The number of aromatic nitrogens is 1. The lowest BCUT2D eigenvalue weighted by Crippen LogP contribution is -2.25. The highest BCUT2D eigenvalue weighted by Crippen LogP contribution is 2.27. The molecule has 100 valence electrons. The Balaban J connectivity index is 3.39. The monoisotopic (exact) mass is 267 g/mol. The molecule has 0 spiro atoms. The maximum absolute atomic E-state index is 12.1. The summed E-state index contributed by atoms with van der Waals surface area (Å²) in [5.41, 5.74) is -2.00. The van der Waals surface area contributed by atoms with Crippen molar-refractivity contribution in [3.63, 3.8) is 0 Å². The van der Waals surface area contributed by atoms with Crippen LogP contribution in [0.3, 0.4) is 0 Å². The van der Waals surface area contributed by atoms with Crippen molar-refractivity contribution in [2.24, 2.45) is 0 Å². The fourth-order valence-electron chi connectivity index (χ4n) is 1.12. The lowest BCUT2D eigenvalue weighted by Gasteiger charge is -2.12. The van der Waals surface area contributed by atoms with Crippen LogP contribution in [0.25, 0.3) is 0 Å². The summed E-state index contributed by atoms with van der Waals surface area (Å²) in [5, 5.41) is 0. The highest BCUT2D eigenvalue weighted by atomic mass is 19.4. The summed E-state index contributed by atoms with van der Waals surface area (Å²) >= 11 is 0. The highest BCUT2D eigenvalue weighted by molar-refractivity contribution is 5.92. The van der Waals surface area contributed by atoms with Gasteiger partial charge in [0.1, 0.15) is 0 Å². The van der Waals surface area contributed by atoms with E-state index in [4.69, 9.17) is 0 Å². The van der Waals surface area contributed by atoms with Crippen molar-refractivity contribution in [1.29, 1.82) is 0 Å².